The van der Waals surface area contributed by atoms with E-state index in [1.807, 2.05) is 13.8 Å². The van der Waals surface area contributed by atoms with E-state index < -0.39 is 34.6 Å². The Morgan fingerprint density at radius 1 is 1.42 bits per heavy atom. The Morgan fingerprint density at radius 2 is 2.12 bits per heavy atom. The molecule has 0 aliphatic rings. The van der Waals surface area contributed by atoms with Gasteiger partial charge in [-0.25, -0.2) is 4.79 Å². The fraction of sp³-hybridized carbons (Fsp3) is 0.333. The zero-order chi connectivity index (χ0) is 19.4. The Morgan fingerprint density at radius 3 is 2.65 bits per heavy atom. The summed E-state index contributed by atoms with van der Waals surface area (Å²) in [5.41, 5.74) is -1.48. The van der Waals surface area contributed by atoms with Crippen LogP contribution in [0.15, 0.2) is 27.6 Å². The number of pyridine rings is 1. The third-order valence-corrected chi connectivity index (χ3v) is 3.38. The van der Waals surface area contributed by atoms with E-state index in [9.17, 15) is 24.5 Å². The summed E-state index contributed by atoms with van der Waals surface area (Å²) in [5, 5.41) is 17.2. The molecule has 0 fully saturated rings. The Balaban J connectivity index is 2.27. The molecule has 138 valence electrons. The van der Waals surface area contributed by atoms with Crippen molar-refractivity contribution in [2.75, 3.05) is 12.4 Å². The van der Waals surface area contributed by atoms with Crippen LogP contribution in [0.3, 0.4) is 0 Å². The number of hydrogen-bond acceptors (Lipinski definition) is 8. The molecular weight excluding hydrogens is 348 g/mol. The number of carbonyl (C=O) groups excluding carboxylic acids is 2. The van der Waals surface area contributed by atoms with E-state index in [1.54, 1.807) is 0 Å². The molecule has 0 bridgehead atoms. The molecule has 0 saturated carbocycles. The molecule has 2 aromatic rings. The molecule has 11 nitrogen and oxygen atoms in total. The van der Waals surface area contributed by atoms with Gasteiger partial charge < -0.3 is 9.26 Å². The van der Waals surface area contributed by atoms with Crippen LogP contribution >= 0.6 is 0 Å². The van der Waals surface area contributed by atoms with E-state index >= 15 is 0 Å². The standard InChI is InChI=1S/C15H16N4O7/c1-8(2)10-5-13(26-17-10)16-12(20)7-18-6-9(15(22)25-3)4-11(14(18)21)19(23)24/h4-6,8H,7H2,1-3H3,(H,16,20). The highest BCUT2D eigenvalue weighted by Crippen LogP contribution is 2.17. The van der Waals surface area contributed by atoms with Crippen molar-refractivity contribution in [3.8, 4) is 0 Å². The molecule has 0 aliphatic carbocycles. The Hall–Kier alpha value is -3.50. The third kappa shape index (κ3) is 4.12. The van der Waals surface area contributed by atoms with Crippen LogP contribution in [0, 0.1) is 10.1 Å². The highest BCUT2D eigenvalue weighted by Gasteiger charge is 2.21. The van der Waals surface area contributed by atoms with Gasteiger partial charge in [0.25, 0.3) is 0 Å². The molecule has 0 aliphatic heterocycles. The summed E-state index contributed by atoms with van der Waals surface area (Å²) in [6.07, 6.45) is 1.01. The minimum atomic E-state index is -1.03. The second kappa shape index (κ2) is 7.59. The Kier molecular flexibility index (Phi) is 5.50. The third-order valence-electron chi connectivity index (χ3n) is 3.38. The first-order chi connectivity index (χ1) is 12.2. The van der Waals surface area contributed by atoms with Crippen LogP contribution in [-0.4, -0.2) is 33.6 Å². The summed E-state index contributed by atoms with van der Waals surface area (Å²) < 4.78 is 10.2. The van der Waals surface area contributed by atoms with Gasteiger partial charge in [0, 0.05) is 18.3 Å². The topological polar surface area (TPSA) is 147 Å². The van der Waals surface area contributed by atoms with Gasteiger partial charge in [-0.1, -0.05) is 19.0 Å². The average molecular weight is 364 g/mol. The van der Waals surface area contributed by atoms with Crippen LogP contribution < -0.4 is 10.9 Å². The number of nitro groups is 1. The second-order valence-corrected chi connectivity index (χ2v) is 5.61. The number of nitrogens with one attached hydrogen (secondary N) is 1. The zero-order valence-corrected chi connectivity index (χ0v) is 14.2. The Bertz CT molecular complexity index is 913. The number of hydrogen-bond donors (Lipinski definition) is 1. The number of nitrogens with zero attached hydrogens (tertiary/aromatic N) is 3. The number of rotatable bonds is 6. The SMILES string of the molecule is COC(=O)c1cc([N+](=O)[O-])c(=O)n(CC(=O)Nc2cc(C(C)C)no2)c1. The molecule has 0 unspecified atom stereocenters. The summed E-state index contributed by atoms with van der Waals surface area (Å²) in [7, 11) is 1.09. The second-order valence-electron chi connectivity index (χ2n) is 5.61. The van der Waals surface area contributed by atoms with Crippen molar-refractivity contribution >= 4 is 23.4 Å². The molecule has 11 heteroatoms. The van der Waals surface area contributed by atoms with Gasteiger partial charge in [-0.3, -0.25) is 29.6 Å². The van der Waals surface area contributed by atoms with E-state index in [1.165, 1.54) is 6.07 Å². The molecule has 0 saturated heterocycles. The maximum absolute atomic E-state index is 12.1. The Labute approximate surface area is 146 Å². The van der Waals surface area contributed by atoms with Crippen LogP contribution in [-0.2, 0) is 16.1 Å². The first-order valence-electron chi connectivity index (χ1n) is 7.46. The summed E-state index contributed by atoms with van der Waals surface area (Å²) in [6.45, 7) is 3.21. The van der Waals surface area contributed by atoms with Crippen molar-refractivity contribution in [1.29, 1.82) is 0 Å². The van der Waals surface area contributed by atoms with Gasteiger partial charge >= 0.3 is 17.2 Å². The summed E-state index contributed by atoms with van der Waals surface area (Å²) >= 11 is 0. The first-order valence-corrected chi connectivity index (χ1v) is 7.46. The molecule has 2 rings (SSSR count). The van der Waals surface area contributed by atoms with Crippen molar-refractivity contribution in [3.05, 3.63) is 50.1 Å². The van der Waals surface area contributed by atoms with Crippen molar-refractivity contribution in [1.82, 2.24) is 9.72 Å². The minimum absolute atomic E-state index is 0.0744. The van der Waals surface area contributed by atoms with E-state index in [0.29, 0.717) is 5.69 Å². The largest absolute Gasteiger partial charge is 0.465 e. The quantitative estimate of drug-likeness (QED) is 0.458. The van der Waals surface area contributed by atoms with Crippen LogP contribution in [0.4, 0.5) is 11.6 Å². The number of aromatic nitrogens is 2. The normalized spacial score (nSPS) is 10.6. The zero-order valence-electron chi connectivity index (χ0n) is 14.2. The molecule has 2 aromatic heterocycles. The van der Waals surface area contributed by atoms with Crippen LogP contribution in [0.1, 0.15) is 35.8 Å². The van der Waals surface area contributed by atoms with Gasteiger partial charge in [0.1, 0.15) is 6.54 Å². The average Bonchev–Trinajstić information content (AvgIpc) is 3.04. The highest BCUT2D eigenvalue weighted by molar-refractivity contribution is 5.91. The van der Waals surface area contributed by atoms with E-state index in [0.717, 1.165) is 23.9 Å². The molecule has 2 heterocycles. The number of carbonyl (C=O) groups is 2. The molecule has 1 N–H and O–H groups in total. The summed E-state index contributed by atoms with van der Waals surface area (Å²) in [6, 6.07) is 2.33. The van der Waals surface area contributed by atoms with Crippen LogP contribution in [0.5, 0.6) is 0 Å². The molecular formula is C15H16N4O7. The first kappa shape index (κ1) is 18.8. The molecule has 26 heavy (non-hydrogen) atoms. The lowest BCUT2D eigenvalue weighted by molar-refractivity contribution is -0.386. The minimum Gasteiger partial charge on any atom is -0.465 e. The molecule has 0 atom stereocenters. The molecule has 0 radical (unpaired) electrons. The van der Waals surface area contributed by atoms with Crippen molar-refractivity contribution in [2.24, 2.45) is 0 Å². The van der Waals surface area contributed by atoms with Gasteiger partial charge in [0.05, 0.1) is 23.3 Å². The van der Waals surface area contributed by atoms with E-state index in [2.05, 4.69) is 15.2 Å². The van der Waals surface area contributed by atoms with Crippen LogP contribution in [0.2, 0.25) is 0 Å². The van der Waals surface area contributed by atoms with E-state index in [4.69, 9.17) is 4.52 Å². The maximum Gasteiger partial charge on any atom is 0.339 e. The molecule has 0 aromatic carbocycles. The predicted molar refractivity (Wildman–Crippen MR) is 87.9 cm³/mol. The van der Waals surface area contributed by atoms with Crippen molar-refractivity contribution in [3.63, 3.8) is 0 Å². The smallest absolute Gasteiger partial charge is 0.339 e. The number of methoxy groups -OCH3 is 1. The highest BCUT2D eigenvalue weighted by atomic mass is 16.6. The van der Waals surface area contributed by atoms with Gasteiger partial charge in [-0.2, -0.15) is 0 Å². The van der Waals surface area contributed by atoms with Gasteiger partial charge in [0.15, 0.2) is 0 Å². The number of amides is 1. The lowest BCUT2D eigenvalue weighted by Crippen LogP contribution is -2.29. The van der Waals surface area contributed by atoms with Crippen molar-refractivity contribution in [2.45, 2.75) is 26.3 Å². The summed E-state index contributed by atoms with van der Waals surface area (Å²) in [4.78, 5) is 45.9. The monoisotopic (exact) mass is 364 g/mol. The molecule has 0 spiro atoms. The van der Waals surface area contributed by atoms with Crippen molar-refractivity contribution < 1.29 is 23.8 Å². The van der Waals surface area contributed by atoms with Gasteiger partial charge in [-0.05, 0) is 5.92 Å². The predicted octanol–water partition coefficient (Wildman–Crippen LogP) is 1.29. The fourth-order valence-electron chi connectivity index (χ4n) is 2.05. The number of ether oxygens (including phenoxy) is 1. The fourth-order valence-corrected chi connectivity index (χ4v) is 2.05. The lowest BCUT2D eigenvalue weighted by Gasteiger charge is -2.07. The number of anilines is 1. The van der Waals surface area contributed by atoms with Crippen LogP contribution in [0.25, 0.3) is 0 Å². The lowest BCUT2D eigenvalue weighted by atomic mass is 10.1. The van der Waals surface area contributed by atoms with E-state index in [-0.39, 0.29) is 17.4 Å². The molecule has 1 amide bonds. The van der Waals surface area contributed by atoms with Gasteiger partial charge in [-0.15, -0.1) is 0 Å². The van der Waals surface area contributed by atoms with Gasteiger partial charge in [0.2, 0.25) is 11.8 Å². The summed E-state index contributed by atoms with van der Waals surface area (Å²) in [5.74, 6) is -1.40. The number of esters is 1. The maximum atomic E-state index is 12.1.